The van der Waals surface area contributed by atoms with Crippen LogP contribution in [0.5, 0.6) is 17.4 Å². The van der Waals surface area contributed by atoms with Crippen molar-refractivity contribution in [2.75, 3.05) is 27.3 Å². The molecule has 1 N–H and O–H groups in total. The lowest BCUT2D eigenvalue weighted by Gasteiger charge is -2.22. The predicted molar refractivity (Wildman–Crippen MR) is 142 cm³/mol. The molecule has 206 valence electrons. The summed E-state index contributed by atoms with van der Waals surface area (Å²) < 4.78 is 40.1. The first-order valence-electron chi connectivity index (χ1n) is 12.5. The molecule has 5 rings (SSSR count). The smallest absolute Gasteiger partial charge is 0.290 e. The quantitative estimate of drug-likeness (QED) is 0.384. The summed E-state index contributed by atoms with van der Waals surface area (Å²) in [5.41, 5.74) is 0.0569. The predicted octanol–water partition coefficient (Wildman–Crippen LogP) is 4.23. The Kier molecular flexibility index (Phi) is 7.20. The van der Waals surface area contributed by atoms with E-state index in [1.165, 1.54) is 35.9 Å². The number of hydrogen-bond acceptors (Lipinski definition) is 7. The SMILES string of the molecule is COc1cccc(OC)c1-n1c(-c2cc(C)ccn2)nc(=O)c(C(=O)N2CCC(c3ccc(F)cc3F)C2)c1O. The van der Waals surface area contributed by atoms with E-state index in [1.807, 2.05) is 6.92 Å². The number of rotatable bonds is 6. The largest absolute Gasteiger partial charge is 0.494 e. The lowest BCUT2D eigenvalue weighted by molar-refractivity contribution is 0.0784. The second-order valence-electron chi connectivity index (χ2n) is 9.41. The summed E-state index contributed by atoms with van der Waals surface area (Å²) in [6.07, 6.45) is 1.93. The minimum absolute atomic E-state index is 0.0294. The number of para-hydroxylation sites is 1. The van der Waals surface area contributed by atoms with Crippen LogP contribution < -0.4 is 15.0 Å². The fourth-order valence-electron chi connectivity index (χ4n) is 4.98. The summed E-state index contributed by atoms with van der Waals surface area (Å²) in [5.74, 6) is -2.73. The highest BCUT2D eigenvalue weighted by Crippen LogP contribution is 2.39. The van der Waals surface area contributed by atoms with Gasteiger partial charge in [-0.3, -0.25) is 19.1 Å². The van der Waals surface area contributed by atoms with Crippen LogP contribution >= 0.6 is 0 Å². The first-order chi connectivity index (χ1) is 19.2. The molecule has 1 atom stereocenters. The molecule has 1 amide bonds. The van der Waals surface area contributed by atoms with E-state index in [4.69, 9.17) is 9.47 Å². The molecule has 2 aromatic carbocycles. The molecule has 1 aliphatic rings. The molecular formula is C29H26F2N4O5. The van der Waals surface area contributed by atoms with Crippen molar-refractivity contribution in [1.29, 1.82) is 0 Å². The van der Waals surface area contributed by atoms with E-state index in [0.717, 1.165) is 17.7 Å². The van der Waals surface area contributed by atoms with E-state index >= 15 is 0 Å². The van der Waals surface area contributed by atoms with Crippen molar-refractivity contribution in [3.05, 3.63) is 93.4 Å². The number of methoxy groups -OCH3 is 2. The third-order valence-electron chi connectivity index (χ3n) is 6.93. The Morgan fingerprint density at radius 2 is 1.80 bits per heavy atom. The molecule has 0 saturated carbocycles. The molecule has 40 heavy (non-hydrogen) atoms. The number of pyridine rings is 1. The third-order valence-corrected chi connectivity index (χ3v) is 6.93. The highest BCUT2D eigenvalue weighted by molar-refractivity contribution is 5.96. The number of ether oxygens (including phenoxy) is 2. The number of carbonyl (C=O) groups is 1. The molecule has 11 heteroatoms. The van der Waals surface area contributed by atoms with Crippen molar-refractivity contribution in [3.8, 4) is 34.6 Å². The normalized spacial score (nSPS) is 14.8. The third kappa shape index (κ3) is 4.74. The number of hydrogen-bond donors (Lipinski definition) is 1. The van der Waals surface area contributed by atoms with Crippen LogP contribution in [0.4, 0.5) is 8.78 Å². The van der Waals surface area contributed by atoms with Gasteiger partial charge in [-0.05, 0) is 54.8 Å². The molecule has 0 radical (unpaired) electrons. The van der Waals surface area contributed by atoms with Gasteiger partial charge in [-0.1, -0.05) is 12.1 Å². The second-order valence-corrected chi connectivity index (χ2v) is 9.41. The topological polar surface area (TPSA) is 107 Å². The first-order valence-corrected chi connectivity index (χ1v) is 12.5. The van der Waals surface area contributed by atoms with Crippen LogP contribution in [-0.2, 0) is 0 Å². The Bertz CT molecular complexity index is 1650. The lowest BCUT2D eigenvalue weighted by Crippen LogP contribution is -2.34. The number of benzene rings is 2. The Balaban J connectivity index is 1.65. The van der Waals surface area contributed by atoms with E-state index < -0.39 is 40.5 Å². The summed E-state index contributed by atoms with van der Waals surface area (Å²) in [4.78, 5) is 36.9. The highest BCUT2D eigenvalue weighted by Gasteiger charge is 2.35. The molecule has 1 saturated heterocycles. The zero-order chi connectivity index (χ0) is 28.6. The van der Waals surface area contributed by atoms with E-state index in [1.54, 1.807) is 30.3 Å². The summed E-state index contributed by atoms with van der Waals surface area (Å²) in [5, 5.41) is 11.6. The van der Waals surface area contributed by atoms with Crippen molar-refractivity contribution < 1.29 is 28.2 Å². The Morgan fingerprint density at radius 3 is 2.45 bits per heavy atom. The molecule has 0 aliphatic carbocycles. The Labute approximate surface area is 228 Å². The van der Waals surface area contributed by atoms with E-state index in [0.29, 0.717) is 6.42 Å². The Hall–Kier alpha value is -4.80. The van der Waals surface area contributed by atoms with Gasteiger partial charge < -0.3 is 19.5 Å². The second kappa shape index (κ2) is 10.8. The monoisotopic (exact) mass is 548 g/mol. The fraction of sp³-hybridized carbons (Fsp3) is 0.241. The number of amides is 1. The molecule has 1 unspecified atom stereocenters. The molecule has 1 fully saturated rings. The summed E-state index contributed by atoms with van der Waals surface area (Å²) >= 11 is 0. The van der Waals surface area contributed by atoms with E-state index in [2.05, 4.69) is 9.97 Å². The lowest BCUT2D eigenvalue weighted by atomic mass is 9.98. The van der Waals surface area contributed by atoms with Crippen LogP contribution in [0, 0.1) is 18.6 Å². The molecule has 2 aromatic heterocycles. The molecule has 3 heterocycles. The molecule has 4 aromatic rings. The van der Waals surface area contributed by atoms with E-state index in [-0.39, 0.29) is 47.4 Å². The summed E-state index contributed by atoms with van der Waals surface area (Å²) in [7, 11) is 2.86. The van der Waals surface area contributed by atoms with Crippen LogP contribution in [0.15, 0.2) is 59.5 Å². The van der Waals surface area contributed by atoms with Crippen LogP contribution in [0.1, 0.15) is 33.8 Å². The van der Waals surface area contributed by atoms with Gasteiger partial charge in [-0.2, -0.15) is 4.98 Å². The standard InChI is InChI=1S/C29H26F2N4O5/c1-16-9-11-32-21(13-16)26-33-27(36)24(29(38)35(26)25-22(39-2)5-4-6-23(25)40-3)28(37)34-12-10-17(15-34)19-8-7-18(30)14-20(19)31/h4-9,11,13-14,17,38H,10,12,15H2,1-3H3. The number of carbonyl (C=O) groups excluding carboxylic acids is 1. The number of aromatic nitrogens is 3. The average Bonchev–Trinajstić information content (AvgIpc) is 3.42. The zero-order valence-electron chi connectivity index (χ0n) is 22.0. The maximum atomic E-state index is 14.4. The molecule has 1 aliphatic heterocycles. The molecular weight excluding hydrogens is 522 g/mol. The van der Waals surface area contributed by atoms with Crippen LogP contribution in [-0.4, -0.2) is 57.8 Å². The number of nitrogens with zero attached hydrogens (tertiary/aromatic N) is 4. The van der Waals surface area contributed by atoms with Gasteiger partial charge in [-0.25, -0.2) is 8.78 Å². The van der Waals surface area contributed by atoms with Crippen molar-refractivity contribution >= 4 is 5.91 Å². The van der Waals surface area contributed by atoms with E-state index in [9.17, 15) is 23.5 Å². The van der Waals surface area contributed by atoms with Crippen molar-refractivity contribution in [2.24, 2.45) is 0 Å². The first kappa shape index (κ1) is 26.8. The maximum absolute atomic E-state index is 14.4. The van der Waals surface area contributed by atoms with Gasteiger partial charge in [0.2, 0.25) is 5.88 Å². The number of likely N-dealkylation sites (tertiary alicyclic amines) is 1. The number of aryl methyl sites for hydroxylation is 1. The molecule has 0 spiro atoms. The highest BCUT2D eigenvalue weighted by atomic mass is 19.1. The van der Waals surface area contributed by atoms with Crippen LogP contribution in [0.2, 0.25) is 0 Å². The van der Waals surface area contributed by atoms with Gasteiger partial charge in [0.15, 0.2) is 11.4 Å². The van der Waals surface area contributed by atoms with Crippen LogP contribution in [0.25, 0.3) is 17.2 Å². The average molecular weight is 549 g/mol. The summed E-state index contributed by atoms with van der Waals surface area (Å²) in [6.45, 7) is 2.10. The van der Waals surface area contributed by atoms with Gasteiger partial charge in [0, 0.05) is 31.3 Å². The number of halogens is 2. The van der Waals surface area contributed by atoms with Crippen LogP contribution in [0.3, 0.4) is 0 Å². The molecule has 9 nitrogen and oxygen atoms in total. The van der Waals surface area contributed by atoms with Crippen molar-refractivity contribution in [2.45, 2.75) is 19.3 Å². The Morgan fingerprint density at radius 1 is 1.07 bits per heavy atom. The zero-order valence-corrected chi connectivity index (χ0v) is 22.0. The van der Waals surface area contributed by atoms with Gasteiger partial charge in [0.25, 0.3) is 11.5 Å². The van der Waals surface area contributed by atoms with Gasteiger partial charge in [0.05, 0.1) is 14.2 Å². The van der Waals surface area contributed by atoms with Crippen molar-refractivity contribution in [3.63, 3.8) is 0 Å². The number of aromatic hydroxyl groups is 1. The minimum Gasteiger partial charge on any atom is -0.494 e. The van der Waals surface area contributed by atoms with Gasteiger partial charge in [0.1, 0.15) is 34.5 Å². The van der Waals surface area contributed by atoms with Gasteiger partial charge >= 0.3 is 0 Å². The van der Waals surface area contributed by atoms with Crippen molar-refractivity contribution in [1.82, 2.24) is 19.4 Å². The molecule has 0 bridgehead atoms. The summed E-state index contributed by atoms with van der Waals surface area (Å²) in [6, 6.07) is 11.7. The maximum Gasteiger partial charge on any atom is 0.290 e. The minimum atomic E-state index is -0.956. The fourth-order valence-corrected chi connectivity index (χ4v) is 4.98. The van der Waals surface area contributed by atoms with Gasteiger partial charge in [-0.15, -0.1) is 0 Å².